The van der Waals surface area contributed by atoms with Crippen LogP contribution in [-0.4, -0.2) is 45.9 Å². The van der Waals surface area contributed by atoms with Crippen molar-refractivity contribution in [3.05, 3.63) is 48.5 Å². The maximum absolute atomic E-state index is 12.9. The lowest BCUT2D eigenvalue weighted by molar-refractivity contribution is -0.137. The third kappa shape index (κ3) is 3.66. The Morgan fingerprint density at radius 1 is 1.13 bits per heavy atom. The number of hydrogen-bond donors (Lipinski definition) is 0. The Kier molecular flexibility index (Phi) is 4.92. The van der Waals surface area contributed by atoms with Crippen molar-refractivity contribution in [2.45, 2.75) is 25.3 Å². The zero-order chi connectivity index (χ0) is 20.3. The largest absolute Gasteiger partial charge is 0.484 e. The standard InChI is InChI=1S/C21H20N4O5/c26-19(12-27-14-7-8-17-18(11-14)29-13-28-17)25-10-4-2-6-16(25)21-24-23-20(30-21)15-5-1-3-9-22-15/h1,3,5,7-9,11,16H,2,4,6,10,12-13H2/t16-/m0/s1. The third-order valence-electron chi connectivity index (χ3n) is 5.14. The minimum Gasteiger partial charge on any atom is -0.484 e. The molecule has 0 radical (unpaired) electrons. The van der Waals surface area contributed by atoms with Crippen molar-refractivity contribution in [1.29, 1.82) is 0 Å². The number of fused-ring (bicyclic) bond motifs is 1. The summed E-state index contributed by atoms with van der Waals surface area (Å²) in [5.74, 6) is 2.48. The molecule has 0 aliphatic carbocycles. The average Bonchev–Trinajstić information content (AvgIpc) is 3.47. The first-order valence-electron chi connectivity index (χ1n) is 9.85. The molecule has 0 saturated carbocycles. The third-order valence-corrected chi connectivity index (χ3v) is 5.14. The zero-order valence-electron chi connectivity index (χ0n) is 16.2. The molecule has 0 unspecified atom stereocenters. The predicted molar refractivity (Wildman–Crippen MR) is 104 cm³/mol. The smallest absolute Gasteiger partial charge is 0.266 e. The molecular weight excluding hydrogens is 388 g/mol. The lowest BCUT2D eigenvalue weighted by Gasteiger charge is -2.33. The van der Waals surface area contributed by atoms with Gasteiger partial charge in [-0.1, -0.05) is 6.07 Å². The molecule has 9 heteroatoms. The summed E-state index contributed by atoms with van der Waals surface area (Å²) in [5.41, 5.74) is 0.607. The van der Waals surface area contributed by atoms with E-state index in [9.17, 15) is 4.79 Å². The number of hydrogen-bond acceptors (Lipinski definition) is 8. The maximum atomic E-state index is 12.9. The molecule has 2 aliphatic heterocycles. The van der Waals surface area contributed by atoms with Crippen LogP contribution in [-0.2, 0) is 4.79 Å². The van der Waals surface area contributed by atoms with E-state index in [-0.39, 0.29) is 25.3 Å². The molecule has 1 amide bonds. The van der Waals surface area contributed by atoms with Crippen LogP contribution in [0.3, 0.4) is 0 Å². The maximum Gasteiger partial charge on any atom is 0.266 e. The minimum absolute atomic E-state index is 0.0859. The van der Waals surface area contributed by atoms with Crippen molar-refractivity contribution in [3.8, 4) is 28.8 Å². The minimum atomic E-state index is -0.267. The summed E-state index contributed by atoms with van der Waals surface area (Å²) in [5, 5.41) is 8.29. The SMILES string of the molecule is O=C(COc1ccc2c(c1)OCO2)N1CCCC[C@H]1c1nnc(-c2ccccn2)o1. The van der Waals surface area contributed by atoms with Crippen molar-refractivity contribution >= 4 is 5.91 Å². The normalized spacial score (nSPS) is 17.7. The molecule has 0 spiro atoms. The predicted octanol–water partition coefficient (Wildman–Crippen LogP) is 2.99. The Hall–Kier alpha value is -3.62. The molecule has 5 rings (SSSR count). The molecule has 9 nitrogen and oxygen atoms in total. The van der Waals surface area contributed by atoms with E-state index in [0.29, 0.717) is 41.3 Å². The van der Waals surface area contributed by atoms with E-state index < -0.39 is 0 Å². The molecule has 1 saturated heterocycles. The van der Waals surface area contributed by atoms with E-state index in [1.165, 1.54) is 0 Å². The fraction of sp³-hybridized carbons (Fsp3) is 0.333. The van der Waals surface area contributed by atoms with Gasteiger partial charge in [-0.2, -0.15) is 0 Å². The van der Waals surface area contributed by atoms with Gasteiger partial charge in [0.25, 0.3) is 11.8 Å². The quantitative estimate of drug-likeness (QED) is 0.635. The molecule has 30 heavy (non-hydrogen) atoms. The Bertz CT molecular complexity index is 1040. The van der Waals surface area contributed by atoms with E-state index in [0.717, 1.165) is 19.3 Å². The second kappa shape index (κ2) is 8.02. The number of pyridine rings is 1. The Morgan fingerprint density at radius 2 is 2.07 bits per heavy atom. The molecule has 2 aliphatic rings. The van der Waals surface area contributed by atoms with Crippen LogP contribution in [0.2, 0.25) is 0 Å². The molecular formula is C21H20N4O5. The van der Waals surface area contributed by atoms with Gasteiger partial charge in [-0.3, -0.25) is 9.78 Å². The number of ether oxygens (including phenoxy) is 3. The molecule has 2 aromatic heterocycles. The second-order valence-corrected chi connectivity index (χ2v) is 7.06. The topological polar surface area (TPSA) is 99.8 Å². The number of aromatic nitrogens is 3. The molecule has 4 heterocycles. The van der Waals surface area contributed by atoms with Gasteiger partial charge >= 0.3 is 0 Å². The van der Waals surface area contributed by atoms with Crippen LogP contribution in [0.15, 0.2) is 47.0 Å². The number of carbonyl (C=O) groups is 1. The number of rotatable bonds is 5. The van der Waals surface area contributed by atoms with Crippen LogP contribution < -0.4 is 14.2 Å². The molecule has 1 atom stereocenters. The molecule has 1 aromatic carbocycles. The van der Waals surface area contributed by atoms with Gasteiger partial charge in [0.1, 0.15) is 17.5 Å². The van der Waals surface area contributed by atoms with Crippen molar-refractivity contribution < 1.29 is 23.4 Å². The van der Waals surface area contributed by atoms with Crippen molar-refractivity contribution in [2.24, 2.45) is 0 Å². The highest BCUT2D eigenvalue weighted by Gasteiger charge is 2.32. The van der Waals surface area contributed by atoms with Gasteiger partial charge < -0.3 is 23.5 Å². The number of carbonyl (C=O) groups excluding carboxylic acids is 1. The van der Waals surface area contributed by atoms with E-state index in [4.69, 9.17) is 18.6 Å². The van der Waals surface area contributed by atoms with Crippen LogP contribution in [0.4, 0.5) is 0 Å². The summed E-state index contributed by atoms with van der Waals surface area (Å²) < 4.78 is 22.2. The summed E-state index contributed by atoms with van der Waals surface area (Å²) >= 11 is 0. The Balaban J connectivity index is 1.28. The summed E-state index contributed by atoms with van der Waals surface area (Å²) in [4.78, 5) is 18.9. The Morgan fingerprint density at radius 3 is 2.97 bits per heavy atom. The number of nitrogens with zero attached hydrogens (tertiary/aromatic N) is 4. The highest BCUT2D eigenvalue weighted by Crippen LogP contribution is 2.35. The second-order valence-electron chi connectivity index (χ2n) is 7.06. The van der Waals surface area contributed by atoms with Crippen molar-refractivity contribution in [3.63, 3.8) is 0 Å². The van der Waals surface area contributed by atoms with E-state index in [1.807, 2.05) is 12.1 Å². The summed E-state index contributed by atoms with van der Waals surface area (Å²) in [6, 6.07) is 10.5. The highest BCUT2D eigenvalue weighted by molar-refractivity contribution is 5.78. The van der Waals surface area contributed by atoms with Crippen molar-refractivity contribution in [2.75, 3.05) is 19.9 Å². The van der Waals surface area contributed by atoms with E-state index in [2.05, 4.69) is 15.2 Å². The fourth-order valence-electron chi connectivity index (χ4n) is 3.64. The highest BCUT2D eigenvalue weighted by atomic mass is 16.7. The van der Waals surface area contributed by atoms with Gasteiger partial charge in [0.2, 0.25) is 12.7 Å². The van der Waals surface area contributed by atoms with Crippen LogP contribution in [0.1, 0.15) is 31.2 Å². The molecule has 154 valence electrons. The molecule has 0 N–H and O–H groups in total. The molecule has 1 fully saturated rings. The zero-order valence-corrected chi connectivity index (χ0v) is 16.2. The molecule has 3 aromatic rings. The fourth-order valence-corrected chi connectivity index (χ4v) is 3.64. The van der Waals surface area contributed by atoms with Crippen LogP contribution in [0.5, 0.6) is 17.2 Å². The van der Waals surface area contributed by atoms with Gasteiger partial charge in [0.05, 0.1) is 0 Å². The van der Waals surface area contributed by atoms with Gasteiger partial charge in [0, 0.05) is 18.8 Å². The van der Waals surface area contributed by atoms with Gasteiger partial charge in [-0.05, 0) is 43.5 Å². The molecule has 0 bridgehead atoms. The summed E-state index contributed by atoms with van der Waals surface area (Å²) in [6.45, 7) is 0.727. The average molecular weight is 408 g/mol. The number of amides is 1. The first kappa shape index (κ1) is 18.4. The number of likely N-dealkylation sites (tertiary alicyclic amines) is 1. The van der Waals surface area contributed by atoms with E-state index >= 15 is 0 Å². The van der Waals surface area contributed by atoms with Crippen LogP contribution >= 0.6 is 0 Å². The first-order valence-corrected chi connectivity index (χ1v) is 9.85. The van der Waals surface area contributed by atoms with E-state index in [1.54, 1.807) is 35.4 Å². The summed E-state index contributed by atoms with van der Waals surface area (Å²) in [6.07, 6.45) is 4.34. The lowest BCUT2D eigenvalue weighted by atomic mass is 10.0. The number of benzene rings is 1. The van der Waals surface area contributed by atoms with Gasteiger partial charge in [-0.25, -0.2) is 0 Å². The summed E-state index contributed by atoms with van der Waals surface area (Å²) in [7, 11) is 0. The van der Waals surface area contributed by atoms with Gasteiger partial charge in [0.15, 0.2) is 18.1 Å². The Labute approximate surface area is 172 Å². The monoisotopic (exact) mass is 408 g/mol. The van der Waals surface area contributed by atoms with Crippen LogP contribution in [0, 0.1) is 0 Å². The van der Waals surface area contributed by atoms with Crippen molar-refractivity contribution in [1.82, 2.24) is 20.1 Å². The van der Waals surface area contributed by atoms with Crippen LogP contribution in [0.25, 0.3) is 11.6 Å². The lowest BCUT2D eigenvalue weighted by Crippen LogP contribution is -2.41. The van der Waals surface area contributed by atoms with Gasteiger partial charge in [-0.15, -0.1) is 10.2 Å². The first-order chi connectivity index (χ1) is 14.8. The number of piperidine rings is 1.